The number of benzene rings is 1. The normalized spacial score (nSPS) is 12.2. The molecule has 0 bridgehead atoms. The maximum Gasteiger partial charge on any atom is 0.303 e. The topological polar surface area (TPSA) is 92.4 Å². The summed E-state index contributed by atoms with van der Waals surface area (Å²) in [7, 11) is 0. The first-order valence-corrected chi connectivity index (χ1v) is 7.00. The van der Waals surface area contributed by atoms with E-state index in [-0.39, 0.29) is 18.2 Å². The summed E-state index contributed by atoms with van der Waals surface area (Å²) in [6, 6.07) is 7.28. The average molecular weight is 290 g/mol. The predicted octanol–water partition coefficient (Wildman–Crippen LogP) is 2.29. The molecule has 5 heteroatoms. The Morgan fingerprint density at radius 1 is 1.38 bits per heavy atom. The molecule has 1 aromatic carbocycles. The molecule has 21 heavy (non-hydrogen) atoms. The second-order valence-corrected chi connectivity index (χ2v) is 5.12. The van der Waals surface area contributed by atoms with Gasteiger partial charge in [-0.3, -0.25) is 9.59 Å². The van der Waals surface area contributed by atoms with Crippen molar-refractivity contribution in [2.45, 2.75) is 26.2 Å². The Morgan fingerprint density at radius 2 is 2.14 bits per heavy atom. The summed E-state index contributed by atoms with van der Waals surface area (Å²) < 4.78 is 0. The number of rotatable bonds is 8. The quantitative estimate of drug-likeness (QED) is 0.506. The van der Waals surface area contributed by atoms with Gasteiger partial charge < -0.3 is 16.2 Å². The molecule has 4 N–H and O–H groups in total. The molecule has 0 aromatic heterocycles. The number of carbonyl (C=O) groups is 2. The average Bonchev–Trinajstić information content (AvgIpc) is 2.43. The van der Waals surface area contributed by atoms with E-state index in [9.17, 15) is 9.59 Å². The van der Waals surface area contributed by atoms with Crippen molar-refractivity contribution in [1.29, 1.82) is 0 Å². The zero-order valence-electron chi connectivity index (χ0n) is 12.2. The molecule has 1 atom stereocenters. The van der Waals surface area contributed by atoms with Crippen LogP contribution in [0.5, 0.6) is 0 Å². The van der Waals surface area contributed by atoms with Crippen molar-refractivity contribution in [2.24, 2.45) is 5.92 Å². The van der Waals surface area contributed by atoms with Crippen molar-refractivity contribution in [3.63, 3.8) is 0 Å². The van der Waals surface area contributed by atoms with Crippen LogP contribution >= 0.6 is 0 Å². The van der Waals surface area contributed by atoms with Gasteiger partial charge >= 0.3 is 5.97 Å². The van der Waals surface area contributed by atoms with Gasteiger partial charge in [0.25, 0.3) is 0 Å². The molecule has 0 aliphatic rings. The van der Waals surface area contributed by atoms with Gasteiger partial charge in [-0.25, -0.2) is 0 Å². The van der Waals surface area contributed by atoms with Crippen LogP contribution < -0.4 is 11.1 Å². The lowest BCUT2D eigenvalue weighted by Gasteiger charge is -2.09. The van der Waals surface area contributed by atoms with Crippen molar-refractivity contribution in [2.75, 3.05) is 12.3 Å². The van der Waals surface area contributed by atoms with E-state index < -0.39 is 5.97 Å². The van der Waals surface area contributed by atoms with Gasteiger partial charge in [0.05, 0.1) is 0 Å². The zero-order chi connectivity index (χ0) is 15.7. The highest BCUT2D eigenvalue weighted by Gasteiger charge is 2.05. The summed E-state index contributed by atoms with van der Waals surface area (Å²) >= 11 is 0. The molecule has 1 amide bonds. The van der Waals surface area contributed by atoms with Crippen LogP contribution in [0.4, 0.5) is 5.69 Å². The number of anilines is 1. The number of carboxylic acids is 1. The zero-order valence-corrected chi connectivity index (χ0v) is 12.2. The summed E-state index contributed by atoms with van der Waals surface area (Å²) in [6.07, 6.45) is 4.75. The van der Waals surface area contributed by atoms with E-state index in [4.69, 9.17) is 10.8 Å². The molecule has 114 valence electrons. The fourth-order valence-corrected chi connectivity index (χ4v) is 1.85. The molecule has 0 aliphatic carbocycles. The van der Waals surface area contributed by atoms with Gasteiger partial charge in [-0.05, 0) is 42.5 Å². The van der Waals surface area contributed by atoms with Crippen LogP contribution in [0, 0.1) is 5.92 Å². The fraction of sp³-hybridized carbons (Fsp3) is 0.375. The van der Waals surface area contributed by atoms with Gasteiger partial charge in [0.1, 0.15) is 0 Å². The SMILES string of the molecule is CC(CCNC(=O)/C=C/c1cccc(N)c1)CCC(=O)O. The molecule has 0 fully saturated rings. The van der Waals surface area contributed by atoms with Crippen LogP contribution in [0.15, 0.2) is 30.3 Å². The number of hydrogen-bond acceptors (Lipinski definition) is 3. The number of amides is 1. The highest BCUT2D eigenvalue weighted by molar-refractivity contribution is 5.91. The molecule has 0 heterocycles. The summed E-state index contributed by atoms with van der Waals surface area (Å²) in [5, 5.41) is 11.4. The number of carbonyl (C=O) groups excluding carboxylic acids is 1. The lowest BCUT2D eigenvalue weighted by atomic mass is 10.0. The van der Waals surface area contributed by atoms with Crippen molar-refractivity contribution < 1.29 is 14.7 Å². The van der Waals surface area contributed by atoms with E-state index in [0.717, 1.165) is 12.0 Å². The highest BCUT2D eigenvalue weighted by atomic mass is 16.4. The molecule has 0 radical (unpaired) electrons. The number of aliphatic carboxylic acids is 1. The largest absolute Gasteiger partial charge is 0.481 e. The van der Waals surface area contributed by atoms with Crippen molar-refractivity contribution in [1.82, 2.24) is 5.32 Å². The third-order valence-corrected chi connectivity index (χ3v) is 3.13. The van der Waals surface area contributed by atoms with Gasteiger partial charge in [0.2, 0.25) is 5.91 Å². The van der Waals surface area contributed by atoms with E-state index in [1.54, 1.807) is 18.2 Å². The van der Waals surface area contributed by atoms with Crippen LogP contribution in [0.1, 0.15) is 31.7 Å². The molecular weight excluding hydrogens is 268 g/mol. The van der Waals surface area contributed by atoms with Gasteiger partial charge in [-0.15, -0.1) is 0 Å². The number of nitrogen functional groups attached to an aromatic ring is 1. The van der Waals surface area contributed by atoms with Crippen molar-refractivity contribution >= 4 is 23.6 Å². The fourth-order valence-electron chi connectivity index (χ4n) is 1.85. The second-order valence-electron chi connectivity index (χ2n) is 5.12. The van der Waals surface area contributed by atoms with Gasteiger partial charge in [-0.1, -0.05) is 19.1 Å². The van der Waals surface area contributed by atoms with Crippen molar-refractivity contribution in [3.05, 3.63) is 35.9 Å². The van der Waals surface area contributed by atoms with E-state index in [0.29, 0.717) is 18.7 Å². The Balaban J connectivity index is 2.26. The predicted molar refractivity (Wildman–Crippen MR) is 83.5 cm³/mol. The lowest BCUT2D eigenvalue weighted by Crippen LogP contribution is -2.23. The second kappa shape index (κ2) is 8.79. The van der Waals surface area contributed by atoms with E-state index in [2.05, 4.69) is 5.32 Å². The minimum Gasteiger partial charge on any atom is -0.481 e. The van der Waals surface area contributed by atoms with Crippen LogP contribution in [0.3, 0.4) is 0 Å². The van der Waals surface area contributed by atoms with Crippen LogP contribution in [0.2, 0.25) is 0 Å². The Labute approximate surface area is 124 Å². The number of carboxylic acid groups (broad SMARTS) is 1. The monoisotopic (exact) mass is 290 g/mol. The minimum atomic E-state index is -0.782. The molecule has 1 unspecified atom stereocenters. The molecule has 0 saturated heterocycles. The lowest BCUT2D eigenvalue weighted by molar-refractivity contribution is -0.137. The Hall–Kier alpha value is -2.30. The van der Waals surface area contributed by atoms with Crippen LogP contribution in [-0.4, -0.2) is 23.5 Å². The molecule has 0 spiro atoms. The third-order valence-electron chi connectivity index (χ3n) is 3.13. The molecule has 5 nitrogen and oxygen atoms in total. The number of nitrogens with two attached hydrogens (primary N) is 1. The summed E-state index contributed by atoms with van der Waals surface area (Å²) in [5.74, 6) is -0.668. The summed E-state index contributed by atoms with van der Waals surface area (Å²) in [5.41, 5.74) is 7.18. The molecule has 1 aromatic rings. The van der Waals surface area contributed by atoms with Crippen molar-refractivity contribution in [3.8, 4) is 0 Å². The van der Waals surface area contributed by atoms with Gasteiger partial charge in [0.15, 0.2) is 0 Å². The molecule has 0 aliphatic heterocycles. The Kier molecular flexibility index (Phi) is 7.01. The summed E-state index contributed by atoms with van der Waals surface area (Å²) in [4.78, 5) is 22.1. The number of hydrogen-bond donors (Lipinski definition) is 3. The van der Waals surface area contributed by atoms with E-state index >= 15 is 0 Å². The minimum absolute atomic E-state index is 0.164. The summed E-state index contributed by atoms with van der Waals surface area (Å²) in [6.45, 7) is 2.53. The van der Waals surface area contributed by atoms with E-state index in [1.807, 2.05) is 19.1 Å². The smallest absolute Gasteiger partial charge is 0.303 e. The first-order chi connectivity index (χ1) is 9.97. The first-order valence-electron chi connectivity index (χ1n) is 7.00. The molecule has 0 saturated carbocycles. The number of nitrogens with one attached hydrogen (secondary N) is 1. The van der Waals surface area contributed by atoms with Crippen LogP contribution in [-0.2, 0) is 9.59 Å². The molecule has 1 rings (SSSR count). The highest BCUT2D eigenvalue weighted by Crippen LogP contribution is 2.09. The van der Waals surface area contributed by atoms with Gasteiger partial charge in [0, 0.05) is 24.7 Å². The third kappa shape index (κ3) is 7.77. The molecular formula is C16H22N2O3. The standard InChI is InChI=1S/C16H22N2O3/c1-12(5-8-16(20)21)9-10-18-15(19)7-6-13-3-2-4-14(17)11-13/h2-4,6-7,11-12H,5,8-10,17H2,1H3,(H,18,19)(H,20,21)/b7-6+. The van der Waals surface area contributed by atoms with Crippen LogP contribution in [0.25, 0.3) is 6.08 Å². The van der Waals surface area contributed by atoms with E-state index in [1.165, 1.54) is 6.08 Å². The Morgan fingerprint density at radius 3 is 2.81 bits per heavy atom. The first kappa shape index (κ1) is 16.8. The maximum absolute atomic E-state index is 11.6. The van der Waals surface area contributed by atoms with Gasteiger partial charge in [-0.2, -0.15) is 0 Å². The Bertz CT molecular complexity index is 512. The maximum atomic E-state index is 11.6.